The number of amides is 1. The number of fused-ring (bicyclic) bond motifs is 3. The van der Waals surface area contributed by atoms with Crippen LogP contribution in [0.25, 0.3) is 33.2 Å². The summed E-state index contributed by atoms with van der Waals surface area (Å²) in [5, 5.41) is 10.1. The number of aromatic nitrogens is 2. The molecule has 3 atom stereocenters. The van der Waals surface area contributed by atoms with Gasteiger partial charge in [0.1, 0.15) is 18.2 Å². The van der Waals surface area contributed by atoms with Crippen LogP contribution in [0.4, 0.5) is 4.39 Å². The summed E-state index contributed by atoms with van der Waals surface area (Å²) in [6.07, 6.45) is 6.88. The van der Waals surface area contributed by atoms with Gasteiger partial charge in [0, 0.05) is 35.3 Å². The highest BCUT2D eigenvalue weighted by Crippen LogP contribution is 2.39. The van der Waals surface area contributed by atoms with Crippen molar-refractivity contribution in [1.29, 1.82) is 5.26 Å². The second-order valence-electron chi connectivity index (χ2n) is 9.69. The molecular weight excluding hydrogens is 453 g/mol. The molecule has 2 fully saturated rings. The molecule has 1 unspecified atom stereocenters. The van der Waals surface area contributed by atoms with E-state index in [-0.39, 0.29) is 29.6 Å². The van der Waals surface area contributed by atoms with Gasteiger partial charge in [-0.1, -0.05) is 18.2 Å². The van der Waals surface area contributed by atoms with Crippen LogP contribution in [0.1, 0.15) is 41.6 Å². The van der Waals surface area contributed by atoms with E-state index in [0.717, 1.165) is 53.3 Å². The standard InChI is InChI=1S/C29H24FN5O/c30-27-11-18(1-2-20(27)14-31)26-10-19(29(36)35-23-5-6-24(35)13-22(32)12-23)3-7-25(26)17-4-8-28-21(9-17)15-33-16-34-28/h1-4,7-11,15-16,22-24H,5-6,12-13,32H2/t22?,23-,24+. The fourth-order valence-electron chi connectivity index (χ4n) is 5.79. The molecule has 36 heavy (non-hydrogen) atoms. The molecule has 3 heterocycles. The molecule has 2 bridgehead atoms. The van der Waals surface area contributed by atoms with E-state index in [1.165, 1.54) is 18.5 Å². The Kier molecular flexibility index (Phi) is 5.46. The van der Waals surface area contributed by atoms with E-state index < -0.39 is 5.82 Å². The van der Waals surface area contributed by atoms with Crippen molar-refractivity contribution in [1.82, 2.24) is 14.9 Å². The van der Waals surface area contributed by atoms with E-state index in [4.69, 9.17) is 5.73 Å². The first kappa shape index (κ1) is 22.3. The number of piperidine rings is 1. The quantitative estimate of drug-likeness (QED) is 0.445. The fraction of sp³-hybridized carbons (Fsp3) is 0.241. The van der Waals surface area contributed by atoms with Crippen molar-refractivity contribution >= 4 is 16.8 Å². The maximum Gasteiger partial charge on any atom is 0.254 e. The SMILES string of the molecule is N#Cc1ccc(-c2cc(C(=O)N3[C@@H]4CC[C@H]3CC(N)C4)ccc2-c2ccc3ncncc3c2)cc1F. The van der Waals surface area contributed by atoms with Crippen molar-refractivity contribution in [2.75, 3.05) is 0 Å². The Bertz CT molecular complexity index is 1530. The molecule has 1 amide bonds. The molecule has 2 aliphatic heterocycles. The third-order valence-electron chi connectivity index (χ3n) is 7.49. The molecule has 6 rings (SSSR count). The second-order valence-corrected chi connectivity index (χ2v) is 9.69. The lowest BCUT2D eigenvalue weighted by Gasteiger charge is -2.38. The third-order valence-corrected chi connectivity index (χ3v) is 7.49. The highest BCUT2D eigenvalue weighted by molar-refractivity contribution is 5.99. The summed E-state index contributed by atoms with van der Waals surface area (Å²) < 4.78 is 14.6. The average molecular weight is 478 g/mol. The molecule has 0 spiro atoms. The number of nitrogens with two attached hydrogens (primary N) is 1. The topological polar surface area (TPSA) is 95.9 Å². The Morgan fingerprint density at radius 3 is 2.50 bits per heavy atom. The fourth-order valence-corrected chi connectivity index (χ4v) is 5.79. The van der Waals surface area contributed by atoms with Gasteiger partial charge >= 0.3 is 0 Å². The van der Waals surface area contributed by atoms with Crippen LogP contribution >= 0.6 is 0 Å². The molecular formula is C29H24FN5O. The van der Waals surface area contributed by atoms with Gasteiger partial charge in [-0.15, -0.1) is 0 Å². The van der Waals surface area contributed by atoms with Gasteiger partial charge in [0.25, 0.3) is 5.91 Å². The van der Waals surface area contributed by atoms with Gasteiger partial charge in [-0.25, -0.2) is 14.4 Å². The molecule has 0 radical (unpaired) electrons. The zero-order valence-corrected chi connectivity index (χ0v) is 19.6. The molecule has 7 heteroatoms. The highest BCUT2D eigenvalue weighted by Gasteiger charge is 2.42. The van der Waals surface area contributed by atoms with E-state index in [2.05, 4.69) is 9.97 Å². The lowest BCUT2D eigenvalue weighted by atomic mass is 9.91. The van der Waals surface area contributed by atoms with Crippen molar-refractivity contribution < 1.29 is 9.18 Å². The molecule has 0 aliphatic carbocycles. The van der Waals surface area contributed by atoms with Gasteiger partial charge < -0.3 is 10.6 Å². The molecule has 3 aromatic carbocycles. The van der Waals surface area contributed by atoms with Crippen molar-refractivity contribution in [3.63, 3.8) is 0 Å². The van der Waals surface area contributed by atoms with Crippen molar-refractivity contribution in [3.8, 4) is 28.3 Å². The number of nitriles is 1. The molecule has 6 nitrogen and oxygen atoms in total. The number of carbonyl (C=O) groups excluding carboxylic acids is 1. The Balaban J connectivity index is 1.47. The van der Waals surface area contributed by atoms with Crippen LogP contribution in [-0.2, 0) is 0 Å². The summed E-state index contributed by atoms with van der Waals surface area (Å²) in [6.45, 7) is 0. The highest BCUT2D eigenvalue weighted by atomic mass is 19.1. The number of hydrogen-bond acceptors (Lipinski definition) is 5. The zero-order chi connectivity index (χ0) is 24.8. The number of rotatable bonds is 3. The first-order chi connectivity index (χ1) is 17.5. The Morgan fingerprint density at radius 1 is 1.00 bits per heavy atom. The average Bonchev–Trinajstić information content (AvgIpc) is 3.18. The molecule has 4 aromatic rings. The molecule has 2 aliphatic rings. The van der Waals surface area contributed by atoms with E-state index in [0.29, 0.717) is 11.1 Å². The van der Waals surface area contributed by atoms with Gasteiger partial charge in [0.2, 0.25) is 0 Å². The van der Waals surface area contributed by atoms with Crippen LogP contribution < -0.4 is 5.73 Å². The molecule has 2 saturated heterocycles. The first-order valence-electron chi connectivity index (χ1n) is 12.1. The van der Waals surface area contributed by atoms with Crippen LogP contribution in [0.15, 0.2) is 67.1 Å². The third kappa shape index (κ3) is 3.80. The van der Waals surface area contributed by atoms with Crippen LogP contribution in [0.5, 0.6) is 0 Å². The van der Waals surface area contributed by atoms with Crippen LogP contribution in [0, 0.1) is 17.1 Å². The van der Waals surface area contributed by atoms with E-state index in [1.807, 2.05) is 47.4 Å². The van der Waals surface area contributed by atoms with Crippen LogP contribution in [0.2, 0.25) is 0 Å². The normalized spacial score (nSPS) is 20.9. The number of halogens is 1. The molecule has 1 aromatic heterocycles. The Labute approximate surface area is 208 Å². The summed E-state index contributed by atoms with van der Waals surface area (Å²) in [5.41, 5.74) is 10.7. The summed E-state index contributed by atoms with van der Waals surface area (Å²) in [7, 11) is 0. The predicted octanol–water partition coefficient (Wildman–Crippen LogP) is 5.07. The lowest BCUT2D eigenvalue weighted by molar-refractivity contribution is 0.0575. The lowest BCUT2D eigenvalue weighted by Crippen LogP contribution is -2.50. The maximum absolute atomic E-state index is 14.6. The minimum Gasteiger partial charge on any atom is -0.333 e. The van der Waals surface area contributed by atoms with Crippen molar-refractivity contribution in [2.24, 2.45) is 5.73 Å². The van der Waals surface area contributed by atoms with E-state index in [1.54, 1.807) is 12.3 Å². The zero-order valence-electron chi connectivity index (χ0n) is 19.6. The van der Waals surface area contributed by atoms with Gasteiger partial charge in [0.15, 0.2) is 0 Å². The van der Waals surface area contributed by atoms with E-state index >= 15 is 0 Å². The van der Waals surface area contributed by atoms with Gasteiger partial charge in [-0.05, 0) is 84.3 Å². The monoisotopic (exact) mass is 477 g/mol. The van der Waals surface area contributed by atoms with Gasteiger partial charge in [0.05, 0.1) is 11.1 Å². The van der Waals surface area contributed by atoms with Crippen molar-refractivity contribution in [3.05, 3.63) is 84.1 Å². The van der Waals surface area contributed by atoms with Crippen LogP contribution in [-0.4, -0.2) is 38.9 Å². The minimum atomic E-state index is -0.590. The smallest absolute Gasteiger partial charge is 0.254 e. The van der Waals surface area contributed by atoms with E-state index in [9.17, 15) is 14.4 Å². The predicted molar refractivity (Wildman–Crippen MR) is 135 cm³/mol. The number of nitrogens with zero attached hydrogens (tertiary/aromatic N) is 4. The number of benzene rings is 3. The Morgan fingerprint density at radius 2 is 1.75 bits per heavy atom. The number of carbonyl (C=O) groups is 1. The molecule has 178 valence electrons. The number of hydrogen-bond donors (Lipinski definition) is 1. The minimum absolute atomic E-state index is 0.0109. The molecule has 0 saturated carbocycles. The summed E-state index contributed by atoms with van der Waals surface area (Å²) in [4.78, 5) is 24.1. The molecule has 2 N–H and O–H groups in total. The first-order valence-corrected chi connectivity index (χ1v) is 12.1. The second kappa shape index (κ2) is 8.81. The largest absolute Gasteiger partial charge is 0.333 e. The maximum atomic E-state index is 14.6. The Hall–Kier alpha value is -4.15. The van der Waals surface area contributed by atoms with Gasteiger partial charge in [-0.2, -0.15) is 5.26 Å². The summed E-state index contributed by atoms with van der Waals surface area (Å²) in [5.74, 6) is -0.601. The van der Waals surface area contributed by atoms with Gasteiger partial charge in [-0.3, -0.25) is 4.79 Å². The summed E-state index contributed by atoms with van der Waals surface area (Å²) >= 11 is 0. The van der Waals surface area contributed by atoms with Crippen LogP contribution in [0.3, 0.4) is 0 Å². The van der Waals surface area contributed by atoms with Crippen molar-refractivity contribution in [2.45, 2.75) is 43.8 Å². The summed E-state index contributed by atoms with van der Waals surface area (Å²) in [6, 6.07) is 18.4.